The molecule has 72 valence electrons. The number of fused-ring (bicyclic) bond motifs is 7. The van der Waals surface area contributed by atoms with Crippen LogP contribution in [0.2, 0.25) is 0 Å². The zero-order chi connectivity index (χ0) is 8.58. The van der Waals surface area contributed by atoms with E-state index in [-0.39, 0.29) is 0 Å². The molecule has 0 aromatic carbocycles. The van der Waals surface area contributed by atoms with Gasteiger partial charge >= 0.3 is 0 Å². The Bertz CT molecular complexity index is 250. The van der Waals surface area contributed by atoms with E-state index in [2.05, 4.69) is 12.2 Å². The third-order valence-corrected chi connectivity index (χ3v) is 5.58. The summed E-state index contributed by atoms with van der Waals surface area (Å²) in [7, 11) is 0. The van der Waals surface area contributed by atoms with Crippen LogP contribution in [0.1, 0.15) is 32.6 Å². The molecular formula is C12H19N. The summed E-state index contributed by atoms with van der Waals surface area (Å²) in [5.74, 6) is 5.66. The van der Waals surface area contributed by atoms with E-state index in [1.165, 1.54) is 12.8 Å². The van der Waals surface area contributed by atoms with Crippen LogP contribution in [0.3, 0.4) is 0 Å². The number of piperidine rings is 1. The van der Waals surface area contributed by atoms with Gasteiger partial charge in [0.15, 0.2) is 0 Å². The molecule has 4 aliphatic rings. The molecule has 1 heteroatoms. The number of nitrogens with one attached hydrogen (secondary N) is 1. The summed E-state index contributed by atoms with van der Waals surface area (Å²) in [5, 5.41) is 3.67. The summed E-state index contributed by atoms with van der Waals surface area (Å²) < 4.78 is 0. The van der Waals surface area contributed by atoms with Gasteiger partial charge in [-0.3, -0.25) is 0 Å². The lowest BCUT2D eigenvalue weighted by Gasteiger charge is -2.32. The van der Waals surface area contributed by atoms with Gasteiger partial charge in [0.25, 0.3) is 0 Å². The smallest absolute Gasteiger partial charge is 0.0258 e. The van der Waals surface area contributed by atoms with Crippen molar-refractivity contribution in [3.63, 3.8) is 0 Å². The molecule has 0 amide bonds. The van der Waals surface area contributed by atoms with Gasteiger partial charge in [0.05, 0.1) is 0 Å². The van der Waals surface area contributed by atoms with E-state index >= 15 is 0 Å². The molecule has 1 aliphatic heterocycles. The lowest BCUT2D eigenvalue weighted by atomic mass is 9.74. The Labute approximate surface area is 80.3 Å². The summed E-state index contributed by atoms with van der Waals surface area (Å²) in [4.78, 5) is 0. The molecule has 4 rings (SSSR count). The van der Waals surface area contributed by atoms with E-state index in [1.807, 2.05) is 0 Å². The zero-order valence-corrected chi connectivity index (χ0v) is 8.37. The normalized spacial score (nSPS) is 66.7. The molecule has 0 aromatic rings. The maximum atomic E-state index is 3.67. The lowest BCUT2D eigenvalue weighted by molar-refractivity contribution is 0.171. The molecule has 1 saturated heterocycles. The van der Waals surface area contributed by atoms with E-state index in [4.69, 9.17) is 0 Å². The Hall–Kier alpha value is -0.0400. The number of hydrogen-bond acceptors (Lipinski definition) is 1. The van der Waals surface area contributed by atoms with Crippen LogP contribution in [0, 0.1) is 29.6 Å². The largest absolute Gasteiger partial charge is 0.308 e. The Morgan fingerprint density at radius 3 is 2.92 bits per heavy atom. The van der Waals surface area contributed by atoms with E-state index < -0.39 is 0 Å². The molecule has 1 N–H and O–H groups in total. The van der Waals surface area contributed by atoms with E-state index in [0.717, 1.165) is 41.7 Å². The highest BCUT2D eigenvalue weighted by Crippen LogP contribution is 2.64. The molecule has 7 atom stereocenters. The quantitative estimate of drug-likeness (QED) is 0.608. The first-order valence-electron chi connectivity index (χ1n) is 6.14. The van der Waals surface area contributed by atoms with Gasteiger partial charge < -0.3 is 5.32 Å². The standard InChI is InChI=1S/C12H19N/c1-2-6-3-7-4-8(6)11-9(7)5-10-12(11)13-10/h6-13H,2-5H2,1H3. The van der Waals surface area contributed by atoms with Crippen LogP contribution in [0.25, 0.3) is 0 Å². The van der Waals surface area contributed by atoms with Crippen LogP contribution in [-0.4, -0.2) is 12.1 Å². The van der Waals surface area contributed by atoms with Gasteiger partial charge in [-0.15, -0.1) is 0 Å². The number of hydrogen-bond donors (Lipinski definition) is 1. The van der Waals surface area contributed by atoms with Gasteiger partial charge in [0.2, 0.25) is 0 Å². The highest BCUT2D eigenvalue weighted by molar-refractivity contribution is 5.19. The Balaban J connectivity index is 1.67. The molecule has 0 radical (unpaired) electrons. The molecule has 1 heterocycles. The molecule has 13 heavy (non-hydrogen) atoms. The minimum Gasteiger partial charge on any atom is -0.308 e. The predicted molar refractivity (Wildman–Crippen MR) is 52.3 cm³/mol. The van der Waals surface area contributed by atoms with Gasteiger partial charge in [-0.1, -0.05) is 13.3 Å². The van der Waals surface area contributed by atoms with Crippen LogP contribution in [0.5, 0.6) is 0 Å². The topological polar surface area (TPSA) is 21.9 Å². The minimum absolute atomic E-state index is 0.968. The van der Waals surface area contributed by atoms with Crippen LogP contribution in [0.4, 0.5) is 0 Å². The second-order valence-electron chi connectivity index (χ2n) is 5.84. The van der Waals surface area contributed by atoms with Crippen LogP contribution in [-0.2, 0) is 0 Å². The fourth-order valence-electron chi connectivity index (χ4n) is 5.09. The first-order chi connectivity index (χ1) is 6.38. The minimum atomic E-state index is 0.968. The summed E-state index contributed by atoms with van der Waals surface area (Å²) >= 11 is 0. The molecule has 3 saturated carbocycles. The van der Waals surface area contributed by atoms with Crippen LogP contribution < -0.4 is 5.32 Å². The molecule has 4 fully saturated rings. The maximum absolute atomic E-state index is 3.67. The number of rotatable bonds is 1. The van der Waals surface area contributed by atoms with Crippen molar-refractivity contribution >= 4 is 0 Å². The second-order valence-corrected chi connectivity index (χ2v) is 5.84. The van der Waals surface area contributed by atoms with Crippen molar-refractivity contribution in [2.75, 3.05) is 0 Å². The van der Waals surface area contributed by atoms with Crippen molar-refractivity contribution in [1.82, 2.24) is 5.32 Å². The van der Waals surface area contributed by atoms with Crippen molar-refractivity contribution in [2.45, 2.75) is 44.7 Å². The van der Waals surface area contributed by atoms with Crippen molar-refractivity contribution in [2.24, 2.45) is 29.6 Å². The van der Waals surface area contributed by atoms with Crippen molar-refractivity contribution in [3.05, 3.63) is 0 Å². The Kier molecular flexibility index (Phi) is 1.19. The lowest BCUT2D eigenvalue weighted by Crippen LogP contribution is -2.30. The average molecular weight is 177 g/mol. The first-order valence-corrected chi connectivity index (χ1v) is 6.14. The molecular weight excluding hydrogens is 158 g/mol. The summed E-state index contributed by atoms with van der Waals surface area (Å²) in [6, 6.07) is 1.95. The average Bonchev–Trinajstić information content (AvgIpc) is 2.60. The van der Waals surface area contributed by atoms with Gasteiger partial charge in [-0.25, -0.2) is 0 Å². The van der Waals surface area contributed by atoms with Gasteiger partial charge in [0.1, 0.15) is 0 Å². The van der Waals surface area contributed by atoms with E-state index in [0.29, 0.717) is 0 Å². The molecule has 2 bridgehead atoms. The summed E-state index contributed by atoms with van der Waals surface area (Å²) in [5.41, 5.74) is 0. The van der Waals surface area contributed by atoms with Gasteiger partial charge in [-0.05, 0) is 48.9 Å². The van der Waals surface area contributed by atoms with Gasteiger partial charge in [-0.2, -0.15) is 0 Å². The highest BCUT2D eigenvalue weighted by Gasteiger charge is 2.64. The third kappa shape index (κ3) is 0.743. The second kappa shape index (κ2) is 2.13. The Morgan fingerprint density at radius 2 is 2.08 bits per heavy atom. The fourth-order valence-corrected chi connectivity index (χ4v) is 5.09. The highest BCUT2D eigenvalue weighted by atomic mass is 15.2. The van der Waals surface area contributed by atoms with Crippen LogP contribution >= 0.6 is 0 Å². The maximum Gasteiger partial charge on any atom is 0.0258 e. The molecule has 3 aliphatic carbocycles. The molecule has 1 nitrogen and oxygen atoms in total. The molecule has 0 spiro atoms. The summed E-state index contributed by atoms with van der Waals surface area (Å²) in [6.07, 6.45) is 6.16. The third-order valence-electron chi connectivity index (χ3n) is 5.58. The predicted octanol–water partition coefficient (Wildman–Crippen LogP) is 2.03. The van der Waals surface area contributed by atoms with Crippen molar-refractivity contribution < 1.29 is 0 Å². The molecule has 7 unspecified atom stereocenters. The molecule has 0 aromatic heterocycles. The monoisotopic (exact) mass is 177 g/mol. The van der Waals surface area contributed by atoms with Gasteiger partial charge in [0, 0.05) is 12.1 Å². The fraction of sp³-hybridized carbons (Fsp3) is 1.00. The van der Waals surface area contributed by atoms with Crippen molar-refractivity contribution in [1.29, 1.82) is 0 Å². The van der Waals surface area contributed by atoms with E-state index in [1.54, 1.807) is 12.8 Å². The van der Waals surface area contributed by atoms with Crippen LogP contribution in [0.15, 0.2) is 0 Å². The Morgan fingerprint density at radius 1 is 1.15 bits per heavy atom. The van der Waals surface area contributed by atoms with E-state index in [9.17, 15) is 0 Å². The SMILES string of the molecule is CCC1CC2CC1C1C2CC2NC21. The summed E-state index contributed by atoms with van der Waals surface area (Å²) in [6.45, 7) is 2.40. The first kappa shape index (κ1) is 7.28. The zero-order valence-electron chi connectivity index (χ0n) is 8.37. The van der Waals surface area contributed by atoms with Crippen molar-refractivity contribution in [3.8, 4) is 0 Å².